The Morgan fingerprint density at radius 3 is 2.31 bits per heavy atom. The highest BCUT2D eigenvalue weighted by molar-refractivity contribution is 6.14. The number of anilines is 1. The van der Waals surface area contributed by atoms with Gasteiger partial charge in [-0.05, 0) is 22.9 Å². The van der Waals surface area contributed by atoms with Gasteiger partial charge in [0.1, 0.15) is 17.2 Å². The van der Waals surface area contributed by atoms with Gasteiger partial charge in [-0.2, -0.15) is 0 Å². The van der Waals surface area contributed by atoms with Crippen LogP contribution in [0.1, 0.15) is 15.9 Å². The average molecular weight is 431 g/mol. The van der Waals surface area contributed by atoms with Crippen LogP contribution in [0.2, 0.25) is 0 Å². The van der Waals surface area contributed by atoms with Crippen LogP contribution in [-0.2, 0) is 6.61 Å². The molecule has 32 heavy (non-hydrogen) atoms. The van der Waals surface area contributed by atoms with E-state index in [1.807, 2.05) is 24.3 Å². The summed E-state index contributed by atoms with van der Waals surface area (Å²) in [5, 5.41) is 14.5. The monoisotopic (exact) mass is 431 g/mol. The molecule has 0 saturated heterocycles. The Kier molecular flexibility index (Phi) is 6.14. The quantitative estimate of drug-likeness (QED) is 0.452. The predicted octanol–water partition coefficient (Wildman–Crippen LogP) is 4.18. The maximum absolute atomic E-state index is 13.4. The molecule has 0 unspecified atom stereocenters. The third-order valence-corrected chi connectivity index (χ3v) is 4.85. The van der Waals surface area contributed by atoms with Gasteiger partial charge in [-0.3, -0.25) is 4.79 Å². The van der Waals surface area contributed by atoms with Gasteiger partial charge in [-0.25, -0.2) is 9.97 Å². The lowest BCUT2D eigenvalue weighted by atomic mass is 9.97. The number of aliphatic hydroxyl groups is 1. The van der Waals surface area contributed by atoms with E-state index in [1.165, 1.54) is 14.2 Å². The number of aromatic nitrogens is 2. The molecule has 0 aliphatic carbocycles. The van der Waals surface area contributed by atoms with Crippen molar-refractivity contribution in [3.8, 4) is 23.3 Å². The van der Waals surface area contributed by atoms with Crippen molar-refractivity contribution in [3.05, 3.63) is 78.1 Å². The number of hydrogen-bond acceptors (Lipinski definition) is 7. The maximum atomic E-state index is 13.4. The molecule has 4 aromatic rings. The second kappa shape index (κ2) is 9.32. The largest absolute Gasteiger partial charge is 0.497 e. The molecule has 0 atom stereocenters. The molecular weight excluding hydrogens is 410 g/mol. The predicted molar refractivity (Wildman–Crippen MR) is 119 cm³/mol. The lowest BCUT2D eigenvalue weighted by Gasteiger charge is -2.17. The molecule has 0 spiro atoms. The maximum Gasteiger partial charge on any atom is 0.321 e. The SMILES string of the molecule is COc1cc(NC(=O)c2c(CO)c(Oc3ncccn3)cc3ccccc23)cc(OC)c1. The van der Waals surface area contributed by atoms with E-state index in [0.717, 1.165) is 5.39 Å². The minimum Gasteiger partial charge on any atom is -0.497 e. The molecule has 4 rings (SSSR count). The van der Waals surface area contributed by atoms with Crippen LogP contribution in [0.15, 0.2) is 67.0 Å². The summed E-state index contributed by atoms with van der Waals surface area (Å²) in [6.07, 6.45) is 3.09. The number of rotatable bonds is 7. The summed E-state index contributed by atoms with van der Waals surface area (Å²) in [6, 6.07) is 16.0. The first kappa shape index (κ1) is 21.1. The van der Waals surface area contributed by atoms with Crippen molar-refractivity contribution in [2.45, 2.75) is 6.61 Å². The van der Waals surface area contributed by atoms with Crippen LogP contribution in [0.25, 0.3) is 10.8 Å². The van der Waals surface area contributed by atoms with Crippen LogP contribution < -0.4 is 19.5 Å². The van der Waals surface area contributed by atoms with Crippen molar-refractivity contribution < 1.29 is 24.1 Å². The number of carbonyl (C=O) groups excluding carboxylic acids is 1. The number of methoxy groups -OCH3 is 2. The van der Waals surface area contributed by atoms with Crippen molar-refractivity contribution in [2.75, 3.05) is 19.5 Å². The van der Waals surface area contributed by atoms with Crippen LogP contribution in [0.3, 0.4) is 0 Å². The third-order valence-electron chi connectivity index (χ3n) is 4.85. The Bertz CT molecular complexity index is 1240. The van der Waals surface area contributed by atoms with E-state index in [-0.39, 0.29) is 6.01 Å². The van der Waals surface area contributed by atoms with Crippen molar-refractivity contribution in [2.24, 2.45) is 0 Å². The summed E-state index contributed by atoms with van der Waals surface area (Å²) in [5.41, 5.74) is 1.10. The Morgan fingerprint density at radius 2 is 1.66 bits per heavy atom. The van der Waals surface area contributed by atoms with E-state index < -0.39 is 12.5 Å². The highest BCUT2D eigenvalue weighted by atomic mass is 16.5. The number of hydrogen-bond donors (Lipinski definition) is 2. The topological polar surface area (TPSA) is 103 Å². The summed E-state index contributed by atoms with van der Waals surface area (Å²) in [5.74, 6) is 0.946. The second-order valence-corrected chi connectivity index (χ2v) is 6.80. The molecule has 8 heteroatoms. The zero-order valence-corrected chi connectivity index (χ0v) is 17.5. The van der Waals surface area contributed by atoms with Gasteiger partial charge in [-0.15, -0.1) is 0 Å². The van der Waals surface area contributed by atoms with Crippen LogP contribution >= 0.6 is 0 Å². The fourth-order valence-corrected chi connectivity index (χ4v) is 3.38. The molecule has 0 aliphatic heterocycles. The number of aliphatic hydroxyl groups excluding tert-OH is 1. The summed E-state index contributed by atoms with van der Waals surface area (Å²) in [7, 11) is 3.06. The molecule has 1 heterocycles. The average Bonchev–Trinajstić information content (AvgIpc) is 2.83. The molecule has 0 radical (unpaired) electrons. The molecule has 162 valence electrons. The Labute approximate surface area is 184 Å². The highest BCUT2D eigenvalue weighted by Gasteiger charge is 2.21. The fraction of sp³-hybridized carbons (Fsp3) is 0.125. The molecule has 0 aliphatic rings. The van der Waals surface area contributed by atoms with Crippen LogP contribution in [-0.4, -0.2) is 35.2 Å². The lowest BCUT2D eigenvalue weighted by molar-refractivity contribution is 0.102. The van der Waals surface area contributed by atoms with E-state index >= 15 is 0 Å². The summed E-state index contributed by atoms with van der Waals surface area (Å²) in [6.45, 7) is -0.419. The van der Waals surface area contributed by atoms with Gasteiger partial charge >= 0.3 is 6.01 Å². The number of benzene rings is 3. The van der Waals surface area contributed by atoms with Gasteiger partial charge in [0, 0.05) is 41.8 Å². The molecule has 0 saturated carbocycles. The summed E-state index contributed by atoms with van der Waals surface area (Å²) >= 11 is 0. The molecule has 1 amide bonds. The van der Waals surface area contributed by atoms with E-state index in [9.17, 15) is 9.90 Å². The van der Waals surface area contributed by atoms with Crippen LogP contribution in [0.4, 0.5) is 5.69 Å². The van der Waals surface area contributed by atoms with Crippen LogP contribution in [0.5, 0.6) is 23.3 Å². The minimum absolute atomic E-state index is 0.112. The van der Waals surface area contributed by atoms with Crippen LogP contribution in [0, 0.1) is 0 Å². The molecule has 1 aromatic heterocycles. The number of nitrogens with one attached hydrogen (secondary N) is 1. The Morgan fingerprint density at radius 1 is 0.969 bits per heavy atom. The van der Waals surface area contributed by atoms with Crippen molar-refractivity contribution in [1.82, 2.24) is 9.97 Å². The molecule has 0 bridgehead atoms. The van der Waals surface area contributed by atoms with Crippen molar-refractivity contribution in [3.63, 3.8) is 0 Å². The smallest absolute Gasteiger partial charge is 0.321 e. The first-order valence-corrected chi connectivity index (χ1v) is 9.77. The number of amides is 1. The number of ether oxygens (including phenoxy) is 3. The highest BCUT2D eigenvalue weighted by Crippen LogP contribution is 2.34. The van der Waals surface area contributed by atoms with E-state index in [2.05, 4.69) is 15.3 Å². The standard InChI is InChI=1S/C24H21N3O5/c1-30-17-11-16(12-18(13-17)31-2)27-23(29)22-19-7-4-3-6-15(19)10-21(20(22)14-28)32-24-25-8-5-9-26-24/h3-13,28H,14H2,1-2H3,(H,27,29). The zero-order chi connectivity index (χ0) is 22.5. The van der Waals surface area contributed by atoms with E-state index in [0.29, 0.717) is 39.4 Å². The van der Waals surface area contributed by atoms with Gasteiger partial charge in [0.05, 0.1) is 26.4 Å². The lowest BCUT2D eigenvalue weighted by Crippen LogP contribution is -2.16. The molecule has 3 aromatic carbocycles. The van der Waals surface area contributed by atoms with Crippen molar-refractivity contribution >= 4 is 22.4 Å². The number of fused-ring (bicyclic) bond motifs is 1. The van der Waals surface area contributed by atoms with Gasteiger partial charge < -0.3 is 24.6 Å². The molecule has 8 nitrogen and oxygen atoms in total. The van der Waals surface area contributed by atoms with Gasteiger partial charge in [0.25, 0.3) is 5.91 Å². The van der Waals surface area contributed by atoms with Crippen molar-refractivity contribution in [1.29, 1.82) is 0 Å². The Hall–Kier alpha value is -4.17. The van der Waals surface area contributed by atoms with Gasteiger partial charge in [0.15, 0.2) is 0 Å². The normalized spacial score (nSPS) is 10.6. The Balaban J connectivity index is 1.81. The molecule has 0 fully saturated rings. The van der Waals surface area contributed by atoms with Gasteiger partial charge in [-0.1, -0.05) is 24.3 Å². The van der Waals surface area contributed by atoms with E-state index in [1.54, 1.807) is 42.7 Å². The number of carbonyl (C=O) groups is 1. The summed E-state index contributed by atoms with van der Waals surface area (Å²) < 4.78 is 16.4. The first-order valence-electron chi connectivity index (χ1n) is 9.77. The first-order chi connectivity index (χ1) is 15.6. The minimum atomic E-state index is -0.419. The zero-order valence-electron chi connectivity index (χ0n) is 17.5. The summed E-state index contributed by atoms with van der Waals surface area (Å²) in [4.78, 5) is 21.6. The van der Waals surface area contributed by atoms with E-state index in [4.69, 9.17) is 14.2 Å². The van der Waals surface area contributed by atoms with Gasteiger partial charge in [0.2, 0.25) is 0 Å². The third kappa shape index (κ3) is 4.30. The molecular formula is C24H21N3O5. The second-order valence-electron chi connectivity index (χ2n) is 6.80. The number of nitrogens with zero attached hydrogens (tertiary/aromatic N) is 2. The fourth-order valence-electron chi connectivity index (χ4n) is 3.38. The molecule has 2 N–H and O–H groups in total.